The molecule has 0 aliphatic heterocycles. The number of amides is 1. The van der Waals surface area contributed by atoms with E-state index in [2.05, 4.69) is 24.5 Å². The van der Waals surface area contributed by atoms with Crippen molar-refractivity contribution < 1.29 is 9.53 Å². The van der Waals surface area contributed by atoms with Crippen molar-refractivity contribution in [1.29, 1.82) is 0 Å². The molecule has 0 aliphatic carbocycles. The lowest BCUT2D eigenvalue weighted by Crippen LogP contribution is -2.16. The Kier molecular flexibility index (Phi) is 7.65. The highest BCUT2D eigenvalue weighted by Gasteiger charge is 2.08. The summed E-state index contributed by atoms with van der Waals surface area (Å²) in [6.07, 6.45) is 6.21. The SMILES string of the molecule is CCCCCCC(C)Nc1cc(NC(C)=O)ccc1OC. The minimum Gasteiger partial charge on any atom is -0.495 e. The van der Waals surface area contributed by atoms with Crippen molar-refractivity contribution in [2.75, 3.05) is 17.7 Å². The Balaban J connectivity index is 2.64. The van der Waals surface area contributed by atoms with Crippen LogP contribution < -0.4 is 15.4 Å². The zero-order valence-corrected chi connectivity index (χ0v) is 13.7. The number of rotatable bonds is 9. The molecule has 0 spiro atoms. The maximum absolute atomic E-state index is 11.1. The van der Waals surface area contributed by atoms with Crippen molar-refractivity contribution >= 4 is 17.3 Å². The van der Waals surface area contributed by atoms with Crippen LogP contribution in [0.5, 0.6) is 5.75 Å². The summed E-state index contributed by atoms with van der Waals surface area (Å²) in [5.74, 6) is 0.725. The first-order valence-electron chi connectivity index (χ1n) is 7.79. The third kappa shape index (κ3) is 6.52. The first-order chi connectivity index (χ1) is 10.1. The van der Waals surface area contributed by atoms with Crippen LogP contribution in [-0.4, -0.2) is 19.1 Å². The number of methoxy groups -OCH3 is 1. The van der Waals surface area contributed by atoms with E-state index in [4.69, 9.17) is 4.74 Å². The largest absolute Gasteiger partial charge is 0.495 e. The molecule has 0 aromatic heterocycles. The van der Waals surface area contributed by atoms with Crippen molar-refractivity contribution in [3.8, 4) is 5.75 Å². The molecule has 2 N–H and O–H groups in total. The highest BCUT2D eigenvalue weighted by molar-refractivity contribution is 5.89. The maximum atomic E-state index is 11.1. The number of carbonyl (C=O) groups excluding carboxylic acids is 1. The van der Waals surface area contributed by atoms with Gasteiger partial charge in [0.2, 0.25) is 5.91 Å². The van der Waals surface area contributed by atoms with Gasteiger partial charge < -0.3 is 15.4 Å². The van der Waals surface area contributed by atoms with Crippen LogP contribution in [0.25, 0.3) is 0 Å². The first kappa shape index (κ1) is 17.3. The van der Waals surface area contributed by atoms with E-state index in [1.807, 2.05) is 18.2 Å². The van der Waals surface area contributed by atoms with E-state index in [1.54, 1.807) is 7.11 Å². The van der Waals surface area contributed by atoms with Gasteiger partial charge in [-0.05, 0) is 31.5 Å². The molecule has 0 aliphatic rings. The lowest BCUT2D eigenvalue weighted by molar-refractivity contribution is -0.114. The van der Waals surface area contributed by atoms with E-state index in [9.17, 15) is 4.79 Å². The van der Waals surface area contributed by atoms with Crippen LogP contribution in [0.3, 0.4) is 0 Å². The third-order valence-corrected chi connectivity index (χ3v) is 3.41. The molecule has 1 amide bonds. The average molecular weight is 292 g/mol. The van der Waals surface area contributed by atoms with Gasteiger partial charge in [0, 0.05) is 18.7 Å². The number of benzene rings is 1. The van der Waals surface area contributed by atoms with Crippen molar-refractivity contribution in [1.82, 2.24) is 0 Å². The molecule has 4 nitrogen and oxygen atoms in total. The van der Waals surface area contributed by atoms with Gasteiger partial charge in [0.15, 0.2) is 0 Å². The Labute approximate surface area is 128 Å². The summed E-state index contributed by atoms with van der Waals surface area (Å²) in [6.45, 7) is 5.91. The summed E-state index contributed by atoms with van der Waals surface area (Å²) in [5.41, 5.74) is 1.70. The molecule has 1 aromatic rings. The Bertz CT molecular complexity index is 446. The molecule has 0 fully saturated rings. The molecule has 21 heavy (non-hydrogen) atoms. The molecule has 0 heterocycles. The zero-order chi connectivity index (χ0) is 15.7. The summed E-state index contributed by atoms with van der Waals surface area (Å²) in [5, 5.41) is 6.27. The molecular formula is C17H28N2O2. The van der Waals surface area contributed by atoms with Crippen LogP contribution in [0.15, 0.2) is 18.2 Å². The smallest absolute Gasteiger partial charge is 0.221 e. The first-order valence-corrected chi connectivity index (χ1v) is 7.79. The minimum atomic E-state index is -0.0706. The van der Waals surface area contributed by atoms with Gasteiger partial charge in [-0.1, -0.05) is 32.6 Å². The monoisotopic (exact) mass is 292 g/mol. The van der Waals surface area contributed by atoms with Gasteiger partial charge >= 0.3 is 0 Å². The van der Waals surface area contributed by atoms with Crippen molar-refractivity contribution in [2.45, 2.75) is 58.9 Å². The van der Waals surface area contributed by atoms with Crippen LogP contribution in [-0.2, 0) is 4.79 Å². The molecule has 1 unspecified atom stereocenters. The Hall–Kier alpha value is -1.71. The number of unbranched alkanes of at least 4 members (excludes halogenated alkanes) is 3. The molecule has 1 aromatic carbocycles. The maximum Gasteiger partial charge on any atom is 0.221 e. The number of hydrogen-bond acceptors (Lipinski definition) is 3. The number of carbonyl (C=O) groups is 1. The fourth-order valence-electron chi connectivity index (χ4n) is 2.32. The Morgan fingerprint density at radius 2 is 2.05 bits per heavy atom. The molecule has 0 radical (unpaired) electrons. The standard InChI is InChI=1S/C17H28N2O2/c1-5-6-7-8-9-13(2)18-16-12-15(19-14(3)20)10-11-17(16)21-4/h10-13,18H,5-9H2,1-4H3,(H,19,20). The van der Waals surface area contributed by atoms with Crippen molar-refractivity contribution in [2.24, 2.45) is 0 Å². The summed E-state index contributed by atoms with van der Waals surface area (Å²) in [7, 11) is 1.66. The number of anilines is 2. The molecule has 0 saturated heterocycles. The summed E-state index contributed by atoms with van der Waals surface area (Å²) < 4.78 is 5.37. The van der Waals surface area contributed by atoms with E-state index in [0.29, 0.717) is 6.04 Å². The minimum absolute atomic E-state index is 0.0706. The molecule has 1 atom stereocenters. The lowest BCUT2D eigenvalue weighted by atomic mass is 10.1. The van der Waals surface area contributed by atoms with Crippen LogP contribution in [0, 0.1) is 0 Å². The molecule has 4 heteroatoms. The van der Waals surface area contributed by atoms with Crippen LogP contribution in [0.4, 0.5) is 11.4 Å². The average Bonchev–Trinajstić information content (AvgIpc) is 2.43. The van der Waals surface area contributed by atoms with Gasteiger partial charge in [0.05, 0.1) is 12.8 Å². The molecular weight excluding hydrogens is 264 g/mol. The topological polar surface area (TPSA) is 50.4 Å². The van der Waals surface area contributed by atoms with Crippen molar-refractivity contribution in [3.05, 3.63) is 18.2 Å². The summed E-state index contributed by atoms with van der Waals surface area (Å²) >= 11 is 0. The normalized spacial score (nSPS) is 11.8. The fraction of sp³-hybridized carbons (Fsp3) is 0.588. The molecule has 0 bridgehead atoms. The summed E-state index contributed by atoms with van der Waals surface area (Å²) in [6, 6.07) is 6.01. The second-order valence-corrected chi connectivity index (χ2v) is 5.49. The van der Waals surface area contributed by atoms with Gasteiger partial charge in [0.1, 0.15) is 5.75 Å². The predicted octanol–water partition coefficient (Wildman–Crippen LogP) is 4.42. The predicted molar refractivity (Wildman–Crippen MR) is 89.1 cm³/mol. The highest BCUT2D eigenvalue weighted by Crippen LogP contribution is 2.29. The van der Waals surface area contributed by atoms with Gasteiger partial charge in [-0.3, -0.25) is 4.79 Å². The van der Waals surface area contributed by atoms with E-state index < -0.39 is 0 Å². The summed E-state index contributed by atoms with van der Waals surface area (Å²) in [4.78, 5) is 11.1. The zero-order valence-electron chi connectivity index (χ0n) is 13.7. The number of nitrogens with one attached hydrogen (secondary N) is 2. The molecule has 118 valence electrons. The Morgan fingerprint density at radius 3 is 2.67 bits per heavy atom. The lowest BCUT2D eigenvalue weighted by Gasteiger charge is -2.18. The van der Waals surface area contributed by atoms with Gasteiger partial charge in [-0.15, -0.1) is 0 Å². The fourth-order valence-corrected chi connectivity index (χ4v) is 2.32. The van der Waals surface area contributed by atoms with Gasteiger partial charge in [0.25, 0.3) is 0 Å². The quantitative estimate of drug-likeness (QED) is 0.662. The van der Waals surface area contributed by atoms with Crippen LogP contribution in [0.1, 0.15) is 52.9 Å². The van der Waals surface area contributed by atoms with E-state index in [1.165, 1.54) is 32.6 Å². The Morgan fingerprint density at radius 1 is 1.29 bits per heavy atom. The van der Waals surface area contributed by atoms with Gasteiger partial charge in [-0.25, -0.2) is 0 Å². The number of ether oxygens (including phenoxy) is 1. The van der Waals surface area contributed by atoms with Gasteiger partial charge in [-0.2, -0.15) is 0 Å². The van der Waals surface area contributed by atoms with Crippen LogP contribution in [0.2, 0.25) is 0 Å². The highest BCUT2D eigenvalue weighted by atomic mass is 16.5. The number of hydrogen-bond donors (Lipinski definition) is 2. The van der Waals surface area contributed by atoms with Crippen molar-refractivity contribution in [3.63, 3.8) is 0 Å². The second-order valence-electron chi connectivity index (χ2n) is 5.49. The third-order valence-electron chi connectivity index (χ3n) is 3.41. The van der Waals surface area contributed by atoms with E-state index in [0.717, 1.165) is 23.5 Å². The molecule has 0 saturated carbocycles. The molecule has 1 rings (SSSR count). The van der Waals surface area contributed by atoms with E-state index >= 15 is 0 Å². The van der Waals surface area contributed by atoms with E-state index in [-0.39, 0.29) is 5.91 Å². The second kappa shape index (κ2) is 9.27. The van der Waals surface area contributed by atoms with Crippen LogP contribution >= 0.6 is 0 Å².